The van der Waals surface area contributed by atoms with Gasteiger partial charge in [0.1, 0.15) is 48.8 Å². The van der Waals surface area contributed by atoms with Crippen LogP contribution in [0, 0.1) is 0 Å². The first-order chi connectivity index (χ1) is 38.3. The lowest BCUT2D eigenvalue weighted by Gasteiger charge is -2.43. The van der Waals surface area contributed by atoms with Gasteiger partial charge in [0.2, 0.25) is 11.8 Å². The van der Waals surface area contributed by atoms with Gasteiger partial charge in [0.25, 0.3) is 0 Å². The summed E-state index contributed by atoms with van der Waals surface area (Å²) in [5.74, 6) is -0.754. The Hall–Kier alpha value is -5.14. The summed E-state index contributed by atoms with van der Waals surface area (Å²) in [6.45, 7) is 4.91. The van der Waals surface area contributed by atoms with Crippen molar-refractivity contribution in [1.29, 1.82) is 0 Å². The zero-order valence-corrected chi connectivity index (χ0v) is 46.9. The highest BCUT2D eigenvalue weighted by Gasteiger charge is 2.49. The maximum absolute atomic E-state index is 12.7. The van der Waals surface area contributed by atoms with E-state index in [0.29, 0.717) is 64.5 Å². The summed E-state index contributed by atoms with van der Waals surface area (Å²) < 4.78 is 39.3. The number of allylic oxidation sites excluding steroid dienone is 12. The second-order valence-corrected chi connectivity index (χ2v) is 19.3. The van der Waals surface area contributed by atoms with Gasteiger partial charge in [0, 0.05) is 52.9 Å². The Labute approximate surface area is 466 Å². The Kier molecular flexibility index (Phi) is 36.1. The van der Waals surface area contributed by atoms with E-state index in [4.69, 9.17) is 33.2 Å². The number of carbonyl (C=O) groups is 4. The fourth-order valence-electron chi connectivity index (χ4n) is 8.42. The molecule has 8 N–H and O–H groups in total. The van der Waals surface area contributed by atoms with Crippen LogP contribution in [0.3, 0.4) is 0 Å². The molecule has 0 aromatic carbocycles. The van der Waals surface area contributed by atoms with Gasteiger partial charge in [-0.2, -0.15) is 0 Å². The lowest BCUT2D eigenvalue weighted by atomic mass is 9.98. The Bertz CT molecular complexity index is 2030. The molecule has 6 unspecified atom stereocenters. The number of alkyl carbamates (subject to hydrolysis) is 1. The van der Waals surface area contributed by atoms with Gasteiger partial charge in [0.15, 0.2) is 18.7 Å². The molecule has 3 heterocycles. The molecular formula is C57H92N6O16. The molecule has 11 atom stereocenters. The quantitative estimate of drug-likeness (QED) is 0.0252. The highest BCUT2D eigenvalue weighted by molar-refractivity contribution is 5.84. The van der Waals surface area contributed by atoms with Crippen molar-refractivity contribution in [3.63, 3.8) is 0 Å². The number of hydrogen-bond donors (Lipinski definition) is 8. The molecule has 446 valence electrons. The van der Waals surface area contributed by atoms with E-state index in [1.165, 1.54) is 14.2 Å². The van der Waals surface area contributed by atoms with Crippen LogP contribution in [0.1, 0.15) is 129 Å². The minimum absolute atomic E-state index is 0.0800. The SMILES string of the molecule is CC/C=C\C/C=C\C/C=C\C/C=C\C/C=C\C/C=C\CCC(=O)N[C@@H](CCCCNC(=O)CCCc1cn(CCCCCCNC(=O)OC2C(O)[C@@H](OC)OC(CO[C@@H]3OC(COC)[C@@H](O)C(O)C3O)[C@H]2O)nn1)C(=O)OCC. The van der Waals surface area contributed by atoms with Gasteiger partial charge >= 0.3 is 12.1 Å². The first-order valence-corrected chi connectivity index (χ1v) is 28.1. The van der Waals surface area contributed by atoms with Crippen LogP contribution in [-0.2, 0) is 60.5 Å². The molecule has 1 aromatic heterocycles. The van der Waals surface area contributed by atoms with Gasteiger partial charge in [-0.25, -0.2) is 9.59 Å². The second-order valence-electron chi connectivity index (χ2n) is 19.3. The summed E-state index contributed by atoms with van der Waals surface area (Å²) in [7, 11) is 2.63. The molecule has 2 saturated heterocycles. The summed E-state index contributed by atoms with van der Waals surface area (Å²) in [5, 5.41) is 69.3. The maximum Gasteiger partial charge on any atom is 0.407 e. The molecule has 2 aliphatic rings. The molecule has 22 heteroatoms. The summed E-state index contributed by atoms with van der Waals surface area (Å²) in [6.07, 6.45) is 25.1. The standard InChI is InChI=1S/C57H92N6O16/c1-5-7-8-9-10-11-12-13-14-15-16-17-18-19-20-21-22-23-26-34-47(65)60-43(54(71)75-6-2)33-27-29-36-58-46(64)35-31-32-42-39-63(62-61-42)38-30-25-24-28-37-59-57(72)79-53-49(67)45(77-55(74-4)52(53)70)41-76-56-51(69)50(68)48(66)44(78-56)40-73-3/h7-8,10-11,13-14,16-17,19-20,22-23,39,43-45,48-53,55-56,66-70H,5-6,9,12,15,18,21,24-38,40-41H2,1-4H3,(H,58,64)(H,59,72)(H,60,65)/b8-7-,11-10-,14-13-,17-16-,20-19-,23-22-/t43-,44?,45?,48+,49+,50?,51?,52?,53?,55-,56+/m0/s1. The van der Waals surface area contributed by atoms with Gasteiger partial charge in [-0.3, -0.25) is 14.3 Å². The lowest BCUT2D eigenvalue weighted by molar-refractivity contribution is -0.328. The predicted molar refractivity (Wildman–Crippen MR) is 295 cm³/mol. The minimum Gasteiger partial charge on any atom is -0.464 e. The van der Waals surface area contributed by atoms with Gasteiger partial charge in [-0.15, -0.1) is 5.10 Å². The van der Waals surface area contributed by atoms with E-state index in [2.05, 4.69) is 93.9 Å². The smallest absolute Gasteiger partial charge is 0.407 e. The highest BCUT2D eigenvalue weighted by Crippen LogP contribution is 2.27. The Morgan fingerprint density at radius 2 is 1.27 bits per heavy atom. The van der Waals surface area contributed by atoms with E-state index in [9.17, 15) is 44.7 Å². The van der Waals surface area contributed by atoms with Crippen LogP contribution >= 0.6 is 0 Å². The van der Waals surface area contributed by atoms with Crippen LogP contribution in [0.2, 0.25) is 0 Å². The molecule has 1 aromatic rings. The molecule has 0 spiro atoms. The van der Waals surface area contributed by atoms with Gasteiger partial charge in [0.05, 0.1) is 25.5 Å². The lowest BCUT2D eigenvalue weighted by Crippen LogP contribution is -2.62. The van der Waals surface area contributed by atoms with Crippen LogP contribution in [0.15, 0.2) is 79.1 Å². The number of carbonyl (C=O) groups excluding carboxylic acids is 4. The Morgan fingerprint density at radius 3 is 1.91 bits per heavy atom. The average Bonchev–Trinajstić information content (AvgIpc) is 3.89. The number of esters is 1. The summed E-state index contributed by atoms with van der Waals surface area (Å²) in [5.41, 5.74) is 0.782. The topological polar surface area (TPSA) is 301 Å². The fourth-order valence-corrected chi connectivity index (χ4v) is 8.42. The first kappa shape index (κ1) is 68.1. The molecule has 2 fully saturated rings. The number of rotatable bonds is 40. The third kappa shape index (κ3) is 28.2. The maximum atomic E-state index is 12.7. The molecule has 0 saturated carbocycles. The number of aliphatic hydroxyl groups excluding tert-OH is 5. The third-order valence-corrected chi connectivity index (χ3v) is 12.8. The average molecular weight is 1120 g/mol. The van der Waals surface area contributed by atoms with Crippen LogP contribution in [-0.4, -0.2) is 179 Å². The number of aryl methyl sites for hydroxylation is 2. The number of aliphatic hydroxyl groups is 5. The predicted octanol–water partition coefficient (Wildman–Crippen LogP) is 4.63. The second kappa shape index (κ2) is 41.8. The zero-order valence-electron chi connectivity index (χ0n) is 46.9. The minimum atomic E-state index is -1.64. The van der Waals surface area contributed by atoms with Crippen LogP contribution in [0.5, 0.6) is 0 Å². The van der Waals surface area contributed by atoms with E-state index in [0.717, 1.165) is 63.5 Å². The number of nitrogens with zero attached hydrogens (tertiary/aromatic N) is 3. The largest absolute Gasteiger partial charge is 0.464 e. The van der Waals surface area contributed by atoms with Crippen molar-refractivity contribution in [3.05, 3.63) is 84.8 Å². The van der Waals surface area contributed by atoms with E-state index in [1.807, 2.05) is 18.3 Å². The number of nitrogens with one attached hydrogen (secondary N) is 3. The van der Waals surface area contributed by atoms with Gasteiger partial charge in [-0.1, -0.05) is 97.9 Å². The summed E-state index contributed by atoms with van der Waals surface area (Å²) in [6, 6.07) is -0.746. The Morgan fingerprint density at radius 1 is 0.658 bits per heavy atom. The molecule has 22 nitrogen and oxygen atoms in total. The summed E-state index contributed by atoms with van der Waals surface area (Å²) in [4.78, 5) is 50.5. The van der Waals surface area contributed by atoms with E-state index in [-0.39, 0.29) is 38.0 Å². The summed E-state index contributed by atoms with van der Waals surface area (Å²) >= 11 is 0. The fraction of sp³-hybridized carbons (Fsp3) is 0.684. The van der Waals surface area contributed by atoms with E-state index < -0.39 is 86.1 Å². The van der Waals surface area contributed by atoms with Crippen LogP contribution < -0.4 is 16.0 Å². The van der Waals surface area contributed by atoms with Crippen molar-refractivity contribution in [2.45, 2.75) is 203 Å². The highest BCUT2D eigenvalue weighted by atomic mass is 16.7. The Balaban J connectivity index is 1.21. The van der Waals surface area contributed by atoms with Crippen molar-refractivity contribution in [2.75, 3.05) is 47.1 Å². The third-order valence-electron chi connectivity index (χ3n) is 12.8. The van der Waals surface area contributed by atoms with Crippen molar-refractivity contribution < 1.29 is 77.9 Å². The molecular weight excluding hydrogens is 1020 g/mol. The van der Waals surface area contributed by atoms with Crippen LogP contribution in [0.25, 0.3) is 0 Å². The van der Waals surface area contributed by atoms with Crippen molar-refractivity contribution in [3.8, 4) is 0 Å². The van der Waals surface area contributed by atoms with Crippen molar-refractivity contribution in [2.24, 2.45) is 0 Å². The molecule has 0 radical (unpaired) electrons. The molecule has 0 aliphatic carbocycles. The molecule has 3 rings (SSSR count). The van der Waals surface area contributed by atoms with Crippen LogP contribution in [0.4, 0.5) is 4.79 Å². The van der Waals surface area contributed by atoms with Crippen molar-refractivity contribution >= 4 is 23.9 Å². The molecule has 79 heavy (non-hydrogen) atoms. The number of methoxy groups -OCH3 is 2. The molecule has 2 aliphatic heterocycles. The monoisotopic (exact) mass is 1120 g/mol. The molecule has 3 amide bonds. The van der Waals surface area contributed by atoms with Crippen molar-refractivity contribution in [1.82, 2.24) is 30.9 Å². The molecule has 0 bridgehead atoms. The van der Waals surface area contributed by atoms with Gasteiger partial charge < -0.3 is 74.6 Å². The van der Waals surface area contributed by atoms with E-state index >= 15 is 0 Å². The zero-order chi connectivity index (χ0) is 57.5. The number of ether oxygens (including phenoxy) is 7. The number of hydrogen-bond acceptors (Lipinski definition) is 18. The number of unbranched alkanes of at least 4 members (excludes halogenated alkanes) is 4. The number of aromatic nitrogens is 3. The normalized spacial score (nSPS) is 24.1. The van der Waals surface area contributed by atoms with E-state index in [1.54, 1.807) is 11.6 Å². The number of amides is 3. The van der Waals surface area contributed by atoms with Gasteiger partial charge in [-0.05, 0) is 96.8 Å². The first-order valence-electron chi connectivity index (χ1n) is 28.1.